The molecule has 1 aromatic carbocycles. The molecule has 200 valence electrons. The molecule has 0 spiro atoms. The van der Waals surface area contributed by atoms with E-state index in [-0.39, 0.29) is 17.3 Å². The van der Waals surface area contributed by atoms with Crippen LogP contribution in [0, 0.1) is 17.3 Å². The van der Waals surface area contributed by atoms with Gasteiger partial charge in [0.2, 0.25) is 6.29 Å². The average molecular weight is 529 g/mol. The number of hydrogen-bond acceptors (Lipinski definition) is 9. The van der Waals surface area contributed by atoms with Gasteiger partial charge in [0.25, 0.3) is 0 Å². The van der Waals surface area contributed by atoms with Gasteiger partial charge in [0.1, 0.15) is 24.1 Å². The van der Waals surface area contributed by atoms with Gasteiger partial charge in [-0.15, -0.1) is 0 Å². The van der Waals surface area contributed by atoms with Crippen LogP contribution in [-0.4, -0.2) is 76.2 Å². The van der Waals surface area contributed by atoms with Gasteiger partial charge in [0, 0.05) is 0 Å². The van der Waals surface area contributed by atoms with E-state index in [0.29, 0.717) is 18.1 Å². The highest BCUT2D eigenvalue weighted by molar-refractivity contribution is 7.80. The Bertz CT molecular complexity index is 1120. The summed E-state index contributed by atoms with van der Waals surface area (Å²) in [5.74, 6) is -0.200. The van der Waals surface area contributed by atoms with E-state index in [0.717, 1.165) is 37.7 Å². The standard InChI is InChI=1S/C24H32O11S/c1-24-9-8-14-13-5-3-12(33-23-20(27)18(25)19(26)21(34-23)22(28)29)10-11(13)2-4-15(14)16(24)6-7-17(24)35-36(30,31)32/h3,5,10,14-21,23,25-27H,2,4,6-9H2,1H3,(H,28,29)(H,30,31,32)/t14-,15-,16+,17+,18+,19+,20-,21+,23-,24+/m1/s1. The topological polar surface area (TPSA) is 180 Å². The highest BCUT2D eigenvalue weighted by Gasteiger charge is 2.56. The molecule has 11 nitrogen and oxygen atoms in total. The lowest BCUT2D eigenvalue weighted by atomic mass is 9.55. The van der Waals surface area contributed by atoms with Crippen molar-refractivity contribution >= 4 is 16.4 Å². The number of ether oxygens (including phenoxy) is 2. The summed E-state index contributed by atoms with van der Waals surface area (Å²) < 4.78 is 48.0. The van der Waals surface area contributed by atoms with Crippen LogP contribution >= 0.6 is 0 Å². The van der Waals surface area contributed by atoms with E-state index in [1.165, 1.54) is 5.56 Å². The van der Waals surface area contributed by atoms with Crippen molar-refractivity contribution in [2.75, 3.05) is 0 Å². The summed E-state index contributed by atoms with van der Waals surface area (Å²) in [6.45, 7) is 2.06. The Morgan fingerprint density at radius 1 is 1.08 bits per heavy atom. The Balaban J connectivity index is 1.32. The van der Waals surface area contributed by atoms with E-state index in [4.69, 9.17) is 13.7 Å². The minimum Gasteiger partial charge on any atom is -0.479 e. The lowest BCUT2D eigenvalue weighted by molar-refractivity contribution is -0.271. The zero-order valence-electron chi connectivity index (χ0n) is 19.8. The van der Waals surface area contributed by atoms with E-state index in [1.807, 2.05) is 12.1 Å². The number of hydrogen-bond donors (Lipinski definition) is 5. The van der Waals surface area contributed by atoms with Crippen LogP contribution in [0.3, 0.4) is 0 Å². The van der Waals surface area contributed by atoms with E-state index in [9.17, 15) is 38.2 Å². The fraction of sp³-hybridized carbons (Fsp3) is 0.708. The second-order valence-corrected chi connectivity index (χ2v) is 11.8. The molecule has 5 N–H and O–H groups in total. The molecular formula is C24H32O11S. The summed E-state index contributed by atoms with van der Waals surface area (Å²) in [4.78, 5) is 11.3. The van der Waals surface area contributed by atoms with Crippen molar-refractivity contribution in [3.05, 3.63) is 29.3 Å². The quantitative estimate of drug-likeness (QED) is 0.344. The largest absolute Gasteiger partial charge is 0.479 e. The van der Waals surface area contributed by atoms with Crippen molar-refractivity contribution < 1.29 is 51.8 Å². The summed E-state index contributed by atoms with van der Waals surface area (Å²) in [7, 11) is -4.51. The van der Waals surface area contributed by atoms with Gasteiger partial charge in [0.15, 0.2) is 6.10 Å². The van der Waals surface area contributed by atoms with Gasteiger partial charge in [-0.25, -0.2) is 8.98 Å². The summed E-state index contributed by atoms with van der Waals surface area (Å²) in [5, 5.41) is 39.4. The number of carboxylic acid groups (broad SMARTS) is 1. The molecule has 36 heavy (non-hydrogen) atoms. The van der Waals surface area contributed by atoms with E-state index >= 15 is 0 Å². The van der Waals surface area contributed by atoms with Crippen molar-refractivity contribution in [3.63, 3.8) is 0 Å². The number of aliphatic hydroxyl groups excluding tert-OH is 3. The number of aliphatic carboxylic acids is 1. The molecule has 0 unspecified atom stereocenters. The predicted octanol–water partition coefficient (Wildman–Crippen LogP) is 1.00. The maximum absolute atomic E-state index is 11.4. The van der Waals surface area contributed by atoms with Crippen molar-refractivity contribution in [3.8, 4) is 5.75 Å². The summed E-state index contributed by atoms with van der Waals surface area (Å²) in [6.07, 6.45) is -4.17. The first-order chi connectivity index (χ1) is 16.9. The Kier molecular flexibility index (Phi) is 6.60. The van der Waals surface area contributed by atoms with Crippen LogP contribution in [0.15, 0.2) is 18.2 Å². The zero-order valence-corrected chi connectivity index (χ0v) is 20.6. The molecule has 2 saturated carbocycles. The molecule has 12 heteroatoms. The number of benzene rings is 1. The molecule has 1 heterocycles. The maximum Gasteiger partial charge on any atom is 0.397 e. The molecular weight excluding hydrogens is 496 g/mol. The lowest BCUT2D eigenvalue weighted by Crippen LogP contribution is -2.61. The molecule has 0 aromatic heterocycles. The zero-order chi connectivity index (χ0) is 26.0. The molecule has 1 saturated heterocycles. The van der Waals surface area contributed by atoms with Crippen molar-refractivity contribution in [2.45, 2.75) is 88.2 Å². The Hall–Kier alpha value is -1.80. The number of carboxylic acids is 1. The fourth-order valence-electron chi connectivity index (χ4n) is 7.17. The van der Waals surface area contributed by atoms with Gasteiger partial charge in [0.05, 0.1) is 6.10 Å². The normalized spacial score (nSPS) is 42.2. The van der Waals surface area contributed by atoms with Crippen molar-refractivity contribution in [2.24, 2.45) is 17.3 Å². The second-order valence-electron chi connectivity index (χ2n) is 10.8. The Morgan fingerprint density at radius 2 is 1.83 bits per heavy atom. The number of aryl methyl sites for hydroxylation is 1. The third-order valence-corrected chi connectivity index (χ3v) is 9.39. The smallest absolute Gasteiger partial charge is 0.397 e. The van der Waals surface area contributed by atoms with Crippen LogP contribution in [0.1, 0.15) is 56.1 Å². The summed E-state index contributed by atoms with van der Waals surface area (Å²) in [6, 6.07) is 5.51. The minimum atomic E-state index is -4.51. The molecule has 1 aliphatic heterocycles. The van der Waals surface area contributed by atoms with Crippen LogP contribution in [0.25, 0.3) is 0 Å². The van der Waals surface area contributed by atoms with Gasteiger partial charge in [-0.05, 0) is 85.0 Å². The van der Waals surface area contributed by atoms with Crippen LogP contribution in [0.4, 0.5) is 0 Å². The molecule has 3 fully saturated rings. The van der Waals surface area contributed by atoms with Gasteiger partial charge in [-0.3, -0.25) is 4.55 Å². The van der Waals surface area contributed by atoms with Crippen LogP contribution in [0.5, 0.6) is 5.75 Å². The highest BCUT2D eigenvalue weighted by atomic mass is 32.3. The number of fused-ring (bicyclic) bond motifs is 5. The molecule has 0 radical (unpaired) electrons. The van der Waals surface area contributed by atoms with Crippen LogP contribution in [0.2, 0.25) is 0 Å². The molecule has 10 atom stereocenters. The number of rotatable bonds is 5. The minimum absolute atomic E-state index is 0.277. The third-order valence-electron chi connectivity index (χ3n) is 8.91. The highest BCUT2D eigenvalue weighted by Crippen LogP contribution is 2.61. The van der Waals surface area contributed by atoms with Gasteiger partial charge < -0.3 is 29.9 Å². The fourth-order valence-corrected chi connectivity index (χ4v) is 7.78. The Morgan fingerprint density at radius 3 is 2.53 bits per heavy atom. The predicted molar refractivity (Wildman–Crippen MR) is 122 cm³/mol. The molecule has 0 bridgehead atoms. The average Bonchev–Trinajstić information content (AvgIpc) is 3.13. The SMILES string of the molecule is C[C@]12CC[C@@H]3c4ccc(O[C@@H]5O[C@H](C(=O)O)[C@@H](O)[C@H](O)[C@H]5O)cc4CC[C@H]3[C@@H]1CC[C@@H]2OS(=O)(=O)O. The van der Waals surface area contributed by atoms with Crippen LogP contribution < -0.4 is 4.74 Å². The second kappa shape index (κ2) is 9.19. The van der Waals surface area contributed by atoms with Crippen molar-refractivity contribution in [1.82, 2.24) is 0 Å². The first-order valence-electron chi connectivity index (χ1n) is 12.3. The van der Waals surface area contributed by atoms with Crippen molar-refractivity contribution in [1.29, 1.82) is 0 Å². The molecule has 0 amide bonds. The molecule has 3 aliphatic carbocycles. The first kappa shape index (κ1) is 25.8. The van der Waals surface area contributed by atoms with Crippen LogP contribution in [-0.2, 0) is 30.5 Å². The number of carbonyl (C=O) groups is 1. The molecule has 5 rings (SSSR count). The summed E-state index contributed by atoms with van der Waals surface area (Å²) in [5.41, 5.74) is 1.93. The number of aliphatic hydroxyl groups is 3. The maximum atomic E-state index is 11.4. The molecule has 4 aliphatic rings. The summed E-state index contributed by atoms with van der Waals surface area (Å²) >= 11 is 0. The van der Waals surface area contributed by atoms with Gasteiger partial charge >= 0.3 is 16.4 Å². The third kappa shape index (κ3) is 4.42. The van der Waals surface area contributed by atoms with E-state index in [2.05, 4.69) is 6.92 Å². The van der Waals surface area contributed by atoms with Gasteiger partial charge in [-0.2, -0.15) is 8.42 Å². The van der Waals surface area contributed by atoms with E-state index in [1.54, 1.807) is 6.07 Å². The van der Waals surface area contributed by atoms with E-state index < -0.39 is 53.2 Å². The monoisotopic (exact) mass is 528 g/mol. The Labute approximate surface area is 208 Å². The molecule has 1 aromatic rings. The van der Waals surface area contributed by atoms with Gasteiger partial charge in [-0.1, -0.05) is 13.0 Å². The first-order valence-corrected chi connectivity index (χ1v) is 13.6. The lowest BCUT2D eigenvalue weighted by Gasteiger charge is -2.50.